The fourth-order valence-corrected chi connectivity index (χ4v) is 2.38. The molecule has 0 bridgehead atoms. The Balaban J connectivity index is 2.19. The van der Waals surface area contributed by atoms with Crippen molar-refractivity contribution in [1.29, 1.82) is 0 Å². The Morgan fingerprint density at radius 2 is 2.05 bits per heavy atom. The molecule has 0 saturated heterocycles. The zero-order valence-corrected chi connectivity index (χ0v) is 13.2. The molecule has 0 spiro atoms. The maximum absolute atomic E-state index is 12.3. The third kappa shape index (κ3) is 4.03. The van der Waals surface area contributed by atoms with Gasteiger partial charge in [-0.1, -0.05) is 30.4 Å². The normalized spacial score (nSPS) is 11.3. The van der Waals surface area contributed by atoms with E-state index in [2.05, 4.69) is 15.6 Å². The smallest absolute Gasteiger partial charge is 0.292 e. The second-order valence-corrected chi connectivity index (χ2v) is 5.30. The van der Waals surface area contributed by atoms with Crippen LogP contribution in [0.2, 0.25) is 0 Å². The number of thiocarbonyl (C=S) groups is 1. The highest BCUT2D eigenvalue weighted by Crippen LogP contribution is 2.16. The Labute approximate surface area is 136 Å². The van der Waals surface area contributed by atoms with E-state index in [9.17, 15) is 9.90 Å². The fourth-order valence-electron chi connectivity index (χ4n) is 1.56. The molecule has 1 aromatic carbocycles. The van der Waals surface area contributed by atoms with E-state index in [1.165, 1.54) is 18.4 Å². The van der Waals surface area contributed by atoms with Crippen molar-refractivity contribution in [3.05, 3.63) is 53.4 Å². The van der Waals surface area contributed by atoms with E-state index in [1.54, 1.807) is 23.7 Å². The average molecular weight is 335 g/mol. The van der Waals surface area contributed by atoms with Crippen LogP contribution in [0.1, 0.15) is 0 Å². The molecule has 0 atom stereocenters. The molecule has 0 radical (unpaired) electrons. The summed E-state index contributed by atoms with van der Waals surface area (Å²) in [5.74, 6) is -1.18. The molecule has 1 amide bonds. The number of methoxy groups -OCH3 is 1. The zero-order chi connectivity index (χ0) is 15.9. The number of amides is 1. The first-order valence-electron chi connectivity index (χ1n) is 6.16. The number of carbonyl (C=O) groups is 1. The molecule has 0 saturated carbocycles. The fraction of sp³-hybridized carbons (Fsp3) is 0.0714. The number of thiazole rings is 1. The monoisotopic (exact) mass is 335 g/mol. The summed E-state index contributed by atoms with van der Waals surface area (Å²) in [6.45, 7) is 0. The number of aliphatic hydroxyl groups excluding tert-OH is 1. The van der Waals surface area contributed by atoms with Crippen molar-refractivity contribution < 1.29 is 14.6 Å². The largest absolute Gasteiger partial charge is 0.480 e. The lowest BCUT2D eigenvalue weighted by Crippen LogP contribution is -2.26. The summed E-state index contributed by atoms with van der Waals surface area (Å²) in [7, 11) is 1.25. The molecule has 0 aliphatic rings. The second kappa shape index (κ2) is 7.53. The van der Waals surface area contributed by atoms with Crippen LogP contribution in [0.15, 0.2) is 53.4 Å². The molecule has 1 aromatic heterocycles. The molecule has 22 heavy (non-hydrogen) atoms. The van der Waals surface area contributed by atoms with Gasteiger partial charge in [-0.25, -0.2) is 4.98 Å². The van der Waals surface area contributed by atoms with E-state index >= 15 is 0 Å². The number of carbonyl (C=O) groups excluding carboxylic acids is 1. The molecule has 2 rings (SSSR count). The van der Waals surface area contributed by atoms with Crippen LogP contribution in [0.3, 0.4) is 0 Å². The highest BCUT2D eigenvalue weighted by molar-refractivity contribution is 7.81. The van der Waals surface area contributed by atoms with Crippen molar-refractivity contribution >= 4 is 45.3 Å². The summed E-state index contributed by atoms with van der Waals surface area (Å²) in [5.41, 5.74) is 0.521. The second-order valence-electron chi connectivity index (χ2n) is 4.00. The molecular formula is C14H13N3O3S2. The van der Waals surface area contributed by atoms with Gasteiger partial charge >= 0.3 is 0 Å². The van der Waals surface area contributed by atoms with Crippen molar-refractivity contribution in [1.82, 2.24) is 4.98 Å². The van der Waals surface area contributed by atoms with Gasteiger partial charge in [0.2, 0.25) is 0 Å². The van der Waals surface area contributed by atoms with Crippen molar-refractivity contribution in [3.63, 3.8) is 0 Å². The van der Waals surface area contributed by atoms with Gasteiger partial charge < -0.3 is 15.2 Å². The van der Waals surface area contributed by atoms with Gasteiger partial charge in [0.1, 0.15) is 4.99 Å². The third-order valence-electron chi connectivity index (χ3n) is 2.55. The van der Waals surface area contributed by atoms with E-state index in [0.717, 1.165) is 0 Å². The summed E-state index contributed by atoms with van der Waals surface area (Å²) < 4.78 is 4.74. The number of benzene rings is 1. The van der Waals surface area contributed by atoms with Crippen LogP contribution >= 0.6 is 23.6 Å². The minimum Gasteiger partial charge on any atom is -0.480 e. The first-order chi connectivity index (χ1) is 10.6. The van der Waals surface area contributed by atoms with Gasteiger partial charge in [-0.3, -0.25) is 10.1 Å². The van der Waals surface area contributed by atoms with Crippen LogP contribution in [0.5, 0.6) is 0 Å². The Kier molecular flexibility index (Phi) is 5.45. The molecule has 114 valence electrons. The molecule has 0 aliphatic carbocycles. The zero-order valence-electron chi connectivity index (χ0n) is 11.6. The number of aromatic nitrogens is 1. The molecular weight excluding hydrogens is 322 g/mol. The average Bonchev–Trinajstić information content (AvgIpc) is 3.01. The number of hydrogen-bond acceptors (Lipinski definition) is 6. The summed E-state index contributed by atoms with van der Waals surface area (Å²) in [6.07, 6.45) is 1.56. The van der Waals surface area contributed by atoms with Gasteiger partial charge in [0.25, 0.3) is 11.9 Å². The Bertz CT molecular complexity index is 685. The van der Waals surface area contributed by atoms with E-state index in [0.29, 0.717) is 10.8 Å². The number of anilines is 2. The lowest BCUT2D eigenvalue weighted by atomic mass is 10.2. The number of rotatable bonds is 5. The lowest BCUT2D eigenvalue weighted by Gasteiger charge is -2.12. The topological polar surface area (TPSA) is 83.5 Å². The number of para-hydroxylation sites is 1. The predicted molar refractivity (Wildman–Crippen MR) is 90.1 cm³/mol. The van der Waals surface area contributed by atoms with Crippen LogP contribution in [0.4, 0.5) is 10.8 Å². The Hall–Kier alpha value is -2.45. The number of nitrogens with one attached hydrogen (secondary N) is 2. The van der Waals surface area contributed by atoms with Crippen LogP contribution in [-0.2, 0) is 9.53 Å². The van der Waals surface area contributed by atoms with Gasteiger partial charge in [0, 0.05) is 17.3 Å². The van der Waals surface area contributed by atoms with Gasteiger partial charge in [0.15, 0.2) is 10.7 Å². The number of ether oxygens (including phenoxy) is 1. The number of hydrogen-bond donors (Lipinski definition) is 3. The van der Waals surface area contributed by atoms with E-state index in [4.69, 9.17) is 17.0 Å². The first-order valence-corrected chi connectivity index (χ1v) is 7.45. The molecule has 2 aromatic rings. The molecule has 0 fully saturated rings. The number of aliphatic hydroxyl groups is 1. The molecule has 1 heterocycles. The van der Waals surface area contributed by atoms with Crippen molar-refractivity contribution in [3.8, 4) is 0 Å². The lowest BCUT2D eigenvalue weighted by molar-refractivity contribution is -0.112. The summed E-state index contributed by atoms with van der Waals surface area (Å²) in [4.78, 5) is 16.3. The Morgan fingerprint density at radius 1 is 1.32 bits per heavy atom. The highest BCUT2D eigenvalue weighted by Gasteiger charge is 2.22. The van der Waals surface area contributed by atoms with Crippen LogP contribution in [-0.4, -0.2) is 28.1 Å². The van der Waals surface area contributed by atoms with Gasteiger partial charge in [-0.15, -0.1) is 11.3 Å². The number of nitrogens with zero attached hydrogens (tertiary/aromatic N) is 1. The van der Waals surface area contributed by atoms with Gasteiger partial charge in [-0.2, -0.15) is 0 Å². The first kappa shape index (κ1) is 15.9. The SMILES string of the molecule is COC(O)=C(C(=O)Nc1nccs1)C(=S)Nc1ccccc1. The quantitative estimate of drug-likeness (QED) is 0.443. The van der Waals surface area contributed by atoms with Crippen molar-refractivity contribution in [2.45, 2.75) is 0 Å². The summed E-state index contributed by atoms with van der Waals surface area (Å²) in [6, 6.07) is 9.06. The Morgan fingerprint density at radius 3 is 2.64 bits per heavy atom. The highest BCUT2D eigenvalue weighted by atomic mass is 32.1. The van der Waals surface area contributed by atoms with Gasteiger partial charge in [0.05, 0.1) is 7.11 Å². The standard InChI is InChI=1S/C14H13N3O3S2/c1-20-13(19)10(11(18)17-14-15-7-8-22-14)12(21)16-9-5-3-2-4-6-9/h2-8,19H,1H3,(H,16,21)(H,15,17,18). The third-order valence-corrected chi connectivity index (χ3v) is 3.54. The van der Waals surface area contributed by atoms with Gasteiger partial charge in [-0.05, 0) is 12.1 Å². The van der Waals surface area contributed by atoms with Crippen molar-refractivity contribution in [2.24, 2.45) is 0 Å². The minimum atomic E-state index is -0.609. The van der Waals surface area contributed by atoms with E-state index < -0.39 is 11.9 Å². The maximum atomic E-state index is 12.3. The minimum absolute atomic E-state index is 0.0413. The molecule has 6 nitrogen and oxygen atoms in total. The summed E-state index contributed by atoms with van der Waals surface area (Å²) >= 11 is 6.44. The van der Waals surface area contributed by atoms with E-state index in [1.807, 2.05) is 18.2 Å². The van der Waals surface area contributed by atoms with Crippen LogP contribution in [0, 0.1) is 0 Å². The molecule has 3 N–H and O–H groups in total. The molecule has 0 aliphatic heterocycles. The van der Waals surface area contributed by atoms with Crippen molar-refractivity contribution in [2.75, 3.05) is 17.7 Å². The van der Waals surface area contributed by atoms with Crippen LogP contribution in [0.25, 0.3) is 0 Å². The predicted octanol–water partition coefficient (Wildman–Crippen LogP) is 2.94. The molecule has 8 heteroatoms. The maximum Gasteiger partial charge on any atom is 0.292 e. The molecule has 0 unspecified atom stereocenters. The summed E-state index contributed by atoms with van der Waals surface area (Å²) in [5, 5.41) is 17.4. The van der Waals surface area contributed by atoms with E-state index in [-0.39, 0.29) is 10.6 Å². The van der Waals surface area contributed by atoms with Crippen LogP contribution < -0.4 is 10.6 Å².